The van der Waals surface area contributed by atoms with Crippen LogP contribution in [0.15, 0.2) is 224 Å². The van der Waals surface area contributed by atoms with Gasteiger partial charge in [0.25, 0.3) is 0 Å². The van der Waals surface area contributed by atoms with Gasteiger partial charge < -0.3 is 9.47 Å². The normalized spacial score (nSPS) is 14.1. The smallest absolute Gasteiger partial charge is 0.0804 e. The maximum absolute atomic E-state index is 2.54. The first-order valence-corrected chi connectivity index (χ1v) is 21.2. The molecule has 0 saturated heterocycles. The predicted octanol–water partition coefficient (Wildman–Crippen LogP) is 15.8. The van der Waals surface area contributed by atoms with Crippen LogP contribution in [-0.2, 0) is 0 Å². The van der Waals surface area contributed by atoms with Crippen LogP contribution >= 0.6 is 0 Å². The molecule has 1 aromatic heterocycles. The zero-order chi connectivity index (χ0) is 40.0. The third-order valence-electron chi connectivity index (χ3n) is 13.2. The van der Waals surface area contributed by atoms with E-state index in [4.69, 9.17) is 0 Å². The van der Waals surface area contributed by atoms with Crippen LogP contribution in [0.25, 0.3) is 98.2 Å². The fraction of sp³-hybridized carbons (Fsp3) is 0.0169. The summed E-state index contributed by atoms with van der Waals surface area (Å²) in [5, 5.41) is 15.3. The molecule has 0 fully saturated rings. The Hall–Kier alpha value is -7.94. The third-order valence-corrected chi connectivity index (χ3v) is 13.2. The summed E-state index contributed by atoms with van der Waals surface area (Å²) in [4.78, 5) is 2.54. The Balaban J connectivity index is 1.02. The van der Waals surface area contributed by atoms with Crippen LogP contribution in [0.1, 0.15) is 17.2 Å². The Labute approximate surface area is 353 Å². The van der Waals surface area contributed by atoms with Gasteiger partial charge in [-0.05, 0) is 102 Å². The molecule has 2 nitrogen and oxygen atoms in total. The van der Waals surface area contributed by atoms with Gasteiger partial charge in [-0.3, -0.25) is 0 Å². The van der Waals surface area contributed by atoms with Crippen molar-refractivity contribution >= 4 is 87.1 Å². The number of aromatic nitrogens is 1. The zero-order valence-corrected chi connectivity index (χ0v) is 33.3. The molecule has 0 radical (unpaired) electrons. The molecule has 1 atom stereocenters. The molecule has 13 rings (SSSR count). The molecule has 0 N–H and O–H groups in total. The van der Waals surface area contributed by atoms with Crippen molar-refractivity contribution in [3.8, 4) is 16.8 Å². The van der Waals surface area contributed by atoms with Gasteiger partial charge in [0.1, 0.15) is 0 Å². The van der Waals surface area contributed by atoms with Crippen LogP contribution in [0.3, 0.4) is 0 Å². The first-order chi connectivity index (χ1) is 30.3. The van der Waals surface area contributed by atoms with Gasteiger partial charge in [-0.1, -0.05) is 182 Å². The van der Waals surface area contributed by atoms with Gasteiger partial charge in [0.2, 0.25) is 0 Å². The van der Waals surface area contributed by atoms with Gasteiger partial charge >= 0.3 is 0 Å². The van der Waals surface area contributed by atoms with E-state index in [0.717, 1.165) is 0 Å². The highest BCUT2D eigenvalue weighted by Gasteiger charge is 2.34. The molecule has 61 heavy (non-hydrogen) atoms. The predicted molar refractivity (Wildman–Crippen MR) is 260 cm³/mol. The van der Waals surface area contributed by atoms with Crippen molar-refractivity contribution in [3.05, 3.63) is 236 Å². The van der Waals surface area contributed by atoms with E-state index in [2.05, 4.69) is 234 Å². The molecule has 1 aliphatic rings. The van der Waals surface area contributed by atoms with E-state index in [9.17, 15) is 0 Å². The molecular formula is C59H38N2. The second-order valence-electron chi connectivity index (χ2n) is 16.4. The van der Waals surface area contributed by atoms with Crippen LogP contribution < -0.4 is 4.90 Å². The lowest BCUT2D eigenvalue weighted by molar-refractivity contribution is 0.807. The second kappa shape index (κ2) is 13.3. The van der Waals surface area contributed by atoms with Gasteiger partial charge in [-0.2, -0.15) is 0 Å². The van der Waals surface area contributed by atoms with Crippen molar-refractivity contribution in [2.45, 2.75) is 6.04 Å². The number of fused-ring (bicyclic) bond motifs is 12. The van der Waals surface area contributed by atoms with Gasteiger partial charge in [0, 0.05) is 44.2 Å². The zero-order valence-electron chi connectivity index (χ0n) is 33.3. The molecule has 11 aromatic carbocycles. The average molecular weight is 775 g/mol. The summed E-state index contributed by atoms with van der Waals surface area (Å²) in [6.45, 7) is 0. The summed E-state index contributed by atoms with van der Waals surface area (Å²) >= 11 is 0. The number of anilines is 1. The molecule has 1 aliphatic heterocycles. The summed E-state index contributed by atoms with van der Waals surface area (Å²) in [7, 11) is 0. The summed E-state index contributed by atoms with van der Waals surface area (Å²) in [5.74, 6) is 0. The van der Waals surface area contributed by atoms with Gasteiger partial charge in [0.15, 0.2) is 0 Å². The first kappa shape index (κ1) is 34.0. The Morgan fingerprint density at radius 3 is 1.72 bits per heavy atom. The maximum Gasteiger partial charge on any atom is 0.0804 e. The lowest BCUT2D eigenvalue weighted by Gasteiger charge is -2.43. The minimum Gasteiger partial charge on any atom is -0.330 e. The van der Waals surface area contributed by atoms with Crippen molar-refractivity contribution in [1.29, 1.82) is 0 Å². The highest BCUT2D eigenvalue weighted by Crippen LogP contribution is 2.50. The number of nitrogens with zero attached hydrogens (tertiary/aromatic N) is 2. The summed E-state index contributed by atoms with van der Waals surface area (Å²) in [6, 6.07) is 80.5. The number of rotatable bonds is 5. The van der Waals surface area contributed by atoms with E-state index < -0.39 is 0 Å². The monoisotopic (exact) mass is 774 g/mol. The minimum atomic E-state index is 0.0965. The topological polar surface area (TPSA) is 8.17 Å². The summed E-state index contributed by atoms with van der Waals surface area (Å²) < 4.78 is 2.47. The van der Waals surface area contributed by atoms with E-state index in [1.54, 1.807) is 0 Å². The molecule has 2 heteroatoms. The van der Waals surface area contributed by atoms with Crippen LogP contribution in [-0.4, -0.2) is 4.57 Å². The fourth-order valence-corrected chi connectivity index (χ4v) is 10.5. The van der Waals surface area contributed by atoms with Crippen molar-refractivity contribution in [1.82, 2.24) is 4.57 Å². The fourth-order valence-electron chi connectivity index (χ4n) is 10.5. The molecule has 0 aliphatic carbocycles. The van der Waals surface area contributed by atoms with E-state index in [1.807, 2.05) is 0 Å². The van der Waals surface area contributed by atoms with E-state index in [1.165, 1.54) is 115 Å². The summed E-state index contributed by atoms with van der Waals surface area (Å²) in [6.07, 6.45) is 2.45. The Bertz CT molecular complexity index is 3750. The maximum atomic E-state index is 2.54. The largest absolute Gasteiger partial charge is 0.330 e. The van der Waals surface area contributed by atoms with E-state index in [0.29, 0.717) is 0 Å². The molecule has 284 valence electrons. The lowest BCUT2D eigenvalue weighted by Crippen LogP contribution is -2.34. The van der Waals surface area contributed by atoms with Crippen molar-refractivity contribution in [3.63, 3.8) is 0 Å². The Morgan fingerprint density at radius 1 is 0.344 bits per heavy atom. The molecule has 0 amide bonds. The molecule has 12 aromatic rings. The van der Waals surface area contributed by atoms with Crippen LogP contribution in [0.4, 0.5) is 5.69 Å². The van der Waals surface area contributed by atoms with Crippen LogP contribution in [0, 0.1) is 0 Å². The SMILES string of the molecule is C1=C(c2cccc3ccccc23)N(c2ccc(-c3cc4c5ccccc5c5c(c6ccccc6n5-c5ccccc5)c4c4ccccc34)cc2)C1c1cccc2ccccc12. The summed E-state index contributed by atoms with van der Waals surface area (Å²) in [5.41, 5.74) is 11.1. The highest BCUT2D eigenvalue weighted by atomic mass is 15.2. The minimum absolute atomic E-state index is 0.0965. The number of benzene rings is 11. The number of hydrogen-bond donors (Lipinski definition) is 0. The molecule has 0 bridgehead atoms. The average Bonchev–Trinajstić information content (AvgIpc) is 3.67. The highest BCUT2D eigenvalue weighted by molar-refractivity contribution is 6.38. The van der Waals surface area contributed by atoms with Crippen molar-refractivity contribution in [2.75, 3.05) is 4.90 Å². The quantitative estimate of drug-likeness (QED) is 0.158. The number of hydrogen-bond acceptors (Lipinski definition) is 1. The third kappa shape index (κ3) is 5.03. The molecule has 0 saturated carbocycles. The molecular weight excluding hydrogens is 737 g/mol. The lowest BCUT2D eigenvalue weighted by atomic mass is 9.87. The van der Waals surface area contributed by atoms with Crippen molar-refractivity contribution < 1.29 is 0 Å². The van der Waals surface area contributed by atoms with Gasteiger partial charge in [-0.15, -0.1) is 0 Å². The van der Waals surface area contributed by atoms with Crippen LogP contribution in [0.2, 0.25) is 0 Å². The van der Waals surface area contributed by atoms with E-state index >= 15 is 0 Å². The Morgan fingerprint density at radius 2 is 0.934 bits per heavy atom. The van der Waals surface area contributed by atoms with Crippen LogP contribution in [0.5, 0.6) is 0 Å². The molecule has 2 heterocycles. The number of para-hydroxylation sites is 2. The Kier molecular flexibility index (Phi) is 7.40. The van der Waals surface area contributed by atoms with Gasteiger partial charge in [0.05, 0.1) is 17.1 Å². The first-order valence-electron chi connectivity index (χ1n) is 21.2. The second-order valence-corrected chi connectivity index (χ2v) is 16.4. The van der Waals surface area contributed by atoms with Gasteiger partial charge in [-0.25, -0.2) is 0 Å². The molecule has 0 spiro atoms. The standard InChI is InChI=1S/C59H38N2/c1-2-20-41(21-3-1)61-54-31-13-12-28-51(54)58-57-49-26-10-8-24-45(49)52(36-53(57)46-25-9-11-27-50(46)59(58)61)40-32-34-42(35-33-40)60-55(47-29-14-18-38-16-4-6-22-43(38)47)37-56(60)48-30-15-19-39-17-5-7-23-44(39)48/h1-37,55H. The van der Waals surface area contributed by atoms with E-state index in [-0.39, 0.29) is 6.04 Å². The molecule has 1 unspecified atom stereocenters. The van der Waals surface area contributed by atoms with Crippen molar-refractivity contribution in [2.24, 2.45) is 0 Å².